The van der Waals surface area contributed by atoms with E-state index in [-0.39, 0.29) is 5.78 Å². The highest BCUT2D eigenvalue weighted by atomic mass is 16.1. The Hall–Kier alpha value is -2.86. The van der Waals surface area contributed by atoms with Crippen molar-refractivity contribution >= 4 is 16.7 Å². The molecule has 2 aromatic carbocycles. The standard InChI is InChI=1S/C18H14N2O/c1-13-11-20(17-5-3-2-4-16(13)17)12-18(21)15-8-6-14(10-19)7-9-15/h2-9,11H,12H2,1H3. The van der Waals surface area contributed by atoms with Crippen LogP contribution in [0.25, 0.3) is 10.9 Å². The van der Waals surface area contributed by atoms with E-state index >= 15 is 0 Å². The van der Waals surface area contributed by atoms with Crippen LogP contribution in [-0.2, 0) is 6.54 Å². The number of hydrogen-bond donors (Lipinski definition) is 0. The highest BCUT2D eigenvalue weighted by Crippen LogP contribution is 2.20. The lowest BCUT2D eigenvalue weighted by Crippen LogP contribution is -2.09. The molecular formula is C18H14N2O. The van der Waals surface area contributed by atoms with Crippen LogP contribution in [0, 0.1) is 18.3 Å². The molecule has 0 amide bonds. The number of aryl methyl sites for hydroxylation is 1. The Labute approximate surface area is 123 Å². The number of rotatable bonds is 3. The normalized spacial score (nSPS) is 10.5. The maximum Gasteiger partial charge on any atom is 0.182 e. The lowest BCUT2D eigenvalue weighted by atomic mass is 10.1. The molecule has 3 aromatic rings. The van der Waals surface area contributed by atoms with Gasteiger partial charge in [-0.25, -0.2) is 0 Å². The summed E-state index contributed by atoms with van der Waals surface area (Å²) in [5.41, 5.74) is 3.42. The molecule has 0 radical (unpaired) electrons. The van der Waals surface area contributed by atoms with Gasteiger partial charge >= 0.3 is 0 Å². The first-order chi connectivity index (χ1) is 10.2. The van der Waals surface area contributed by atoms with Gasteiger partial charge in [0.05, 0.1) is 18.2 Å². The maximum absolute atomic E-state index is 12.4. The van der Waals surface area contributed by atoms with E-state index < -0.39 is 0 Å². The molecule has 3 heteroatoms. The molecule has 0 aliphatic carbocycles. The summed E-state index contributed by atoms with van der Waals surface area (Å²) < 4.78 is 1.98. The summed E-state index contributed by atoms with van der Waals surface area (Å²) in [5.74, 6) is 0.0419. The molecule has 0 unspecified atom stereocenters. The molecule has 0 atom stereocenters. The van der Waals surface area contributed by atoms with E-state index in [2.05, 4.69) is 12.1 Å². The molecule has 0 bridgehead atoms. The van der Waals surface area contributed by atoms with Gasteiger partial charge < -0.3 is 4.57 Å². The number of benzene rings is 2. The minimum atomic E-state index is 0.0419. The van der Waals surface area contributed by atoms with Crippen LogP contribution < -0.4 is 0 Å². The van der Waals surface area contributed by atoms with Crippen molar-refractivity contribution in [3.8, 4) is 6.07 Å². The van der Waals surface area contributed by atoms with Crippen molar-refractivity contribution in [2.24, 2.45) is 0 Å². The van der Waals surface area contributed by atoms with Crippen LogP contribution in [0.5, 0.6) is 0 Å². The zero-order valence-electron chi connectivity index (χ0n) is 11.7. The minimum absolute atomic E-state index is 0.0419. The van der Waals surface area contributed by atoms with Gasteiger partial charge in [0, 0.05) is 22.7 Å². The van der Waals surface area contributed by atoms with Crippen molar-refractivity contribution in [3.63, 3.8) is 0 Å². The summed E-state index contributed by atoms with van der Waals surface area (Å²) in [6.07, 6.45) is 2.01. The number of fused-ring (bicyclic) bond motifs is 1. The van der Waals surface area contributed by atoms with Crippen molar-refractivity contribution in [1.29, 1.82) is 5.26 Å². The summed E-state index contributed by atoms with van der Waals surface area (Å²) in [4.78, 5) is 12.4. The van der Waals surface area contributed by atoms with Crippen LogP contribution in [-0.4, -0.2) is 10.4 Å². The topological polar surface area (TPSA) is 45.8 Å². The van der Waals surface area contributed by atoms with Gasteiger partial charge in [0.25, 0.3) is 0 Å². The fourth-order valence-corrected chi connectivity index (χ4v) is 2.54. The van der Waals surface area contributed by atoms with Gasteiger partial charge in [0.2, 0.25) is 0 Å². The summed E-state index contributed by atoms with van der Waals surface area (Å²) >= 11 is 0. The molecule has 0 N–H and O–H groups in total. The van der Waals surface area contributed by atoms with E-state index in [1.54, 1.807) is 24.3 Å². The molecule has 0 saturated carbocycles. The van der Waals surface area contributed by atoms with Crippen LogP contribution in [0.1, 0.15) is 21.5 Å². The second-order valence-electron chi connectivity index (χ2n) is 5.07. The Balaban J connectivity index is 1.91. The first kappa shape index (κ1) is 13.1. The summed E-state index contributed by atoms with van der Waals surface area (Å²) in [5, 5.41) is 9.96. The lowest BCUT2D eigenvalue weighted by molar-refractivity contribution is 0.0973. The van der Waals surface area contributed by atoms with Crippen LogP contribution in [0.2, 0.25) is 0 Å². The Morgan fingerprint density at radius 2 is 1.86 bits per heavy atom. The molecule has 0 saturated heterocycles. The molecule has 3 rings (SSSR count). The Bertz CT molecular complexity index is 851. The molecule has 21 heavy (non-hydrogen) atoms. The zero-order valence-corrected chi connectivity index (χ0v) is 11.7. The van der Waals surface area contributed by atoms with Crippen molar-refractivity contribution in [2.75, 3.05) is 0 Å². The van der Waals surface area contributed by atoms with E-state index in [4.69, 9.17) is 5.26 Å². The van der Waals surface area contributed by atoms with E-state index in [9.17, 15) is 4.79 Å². The van der Waals surface area contributed by atoms with Gasteiger partial charge in [-0.05, 0) is 30.7 Å². The lowest BCUT2D eigenvalue weighted by Gasteiger charge is -2.05. The summed E-state index contributed by atoms with van der Waals surface area (Å²) in [6.45, 7) is 2.35. The molecule has 1 aromatic heterocycles. The number of aromatic nitrogens is 1. The predicted octanol–water partition coefficient (Wildman–Crippen LogP) is 3.70. The number of para-hydroxylation sites is 1. The smallest absolute Gasteiger partial charge is 0.182 e. The van der Waals surface area contributed by atoms with Gasteiger partial charge in [-0.1, -0.05) is 30.3 Å². The Kier molecular flexibility index (Phi) is 3.29. The Morgan fingerprint density at radius 1 is 1.14 bits per heavy atom. The molecule has 0 spiro atoms. The van der Waals surface area contributed by atoms with E-state index in [1.807, 2.05) is 35.9 Å². The van der Waals surface area contributed by atoms with E-state index in [0.717, 1.165) is 5.52 Å². The minimum Gasteiger partial charge on any atom is -0.339 e. The zero-order chi connectivity index (χ0) is 14.8. The number of hydrogen-bond acceptors (Lipinski definition) is 2. The molecule has 0 aliphatic rings. The van der Waals surface area contributed by atoms with Gasteiger partial charge in [0.15, 0.2) is 5.78 Å². The van der Waals surface area contributed by atoms with Gasteiger partial charge in [-0.15, -0.1) is 0 Å². The van der Waals surface area contributed by atoms with Crippen LogP contribution in [0.4, 0.5) is 0 Å². The maximum atomic E-state index is 12.4. The van der Waals surface area contributed by atoms with Crippen molar-refractivity contribution in [2.45, 2.75) is 13.5 Å². The third-order valence-electron chi connectivity index (χ3n) is 3.64. The predicted molar refractivity (Wildman–Crippen MR) is 82.2 cm³/mol. The van der Waals surface area contributed by atoms with Crippen molar-refractivity contribution < 1.29 is 4.79 Å². The van der Waals surface area contributed by atoms with E-state index in [0.29, 0.717) is 17.7 Å². The molecular weight excluding hydrogens is 260 g/mol. The number of carbonyl (C=O) groups is 1. The fourth-order valence-electron chi connectivity index (χ4n) is 2.54. The largest absolute Gasteiger partial charge is 0.339 e. The first-order valence-corrected chi connectivity index (χ1v) is 6.77. The summed E-state index contributed by atoms with van der Waals surface area (Å²) in [7, 11) is 0. The number of ketones is 1. The monoisotopic (exact) mass is 274 g/mol. The fraction of sp³-hybridized carbons (Fsp3) is 0.111. The highest BCUT2D eigenvalue weighted by Gasteiger charge is 2.10. The van der Waals surface area contributed by atoms with Crippen LogP contribution >= 0.6 is 0 Å². The number of Topliss-reactive ketones (excluding diaryl/α,β-unsaturated/α-hetero) is 1. The number of carbonyl (C=O) groups excluding carboxylic acids is 1. The number of nitrogens with zero attached hydrogens (tertiary/aromatic N) is 2. The number of nitriles is 1. The SMILES string of the molecule is Cc1cn(CC(=O)c2ccc(C#N)cc2)c2ccccc12. The molecule has 0 aliphatic heterocycles. The second kappa shape index (κ2) is 5.26. The Morgan fingerprint density at radius 3 is 2.57 bits per heavy atom. The average Bonchev–Trinajstić information content (AvgIpc) is 2.84. The quantitative estimate of drug-likeness (QED) is 0.683. The molecule has 0 fully saturated rings. The molecule has 1 heterocycles. The third-order valence-corrected chi connectivity index (χ3v) is 3.64. The van der Waals surface area contributed by atoms with Gasteiger partial charge in [-0.2, -0.15) is 5.26 Å². The van der Waals surface area contributed by atoms with Gasteiger partial charge in [-0.3, -0.25) is 4.79 Å². The van der Waals surface area contributed by atoms with Crippen molar-refractivity contribution in [3.05, 3.63) is 71.4 Å². The first-order valence-electron chi connectivity index (χ1n) is 6.77. The van der Waals surface area contributed by atoms with Crippen molar-refractivity contribution in [1.82, 2.24) is 4.57 Å². The highest BCUT2D eigenvalue weighted by molar-refractivity contribution is 5.97. The molecule has 3 nitrogen and oxygen atoms in total. The average molecular weight is 274 g/mol. The van der Waals surface area contributed by atoms with Crippen LogP contribution in [0.3, 0.4) is 0 Å². The third kappa shape index (κ3) is 2.44. The molecule has 102 valence electrons. The van der Waals surface area contributed by atoms with Crippen LogP contribution in [0.15, 0.2) is 54.7 Å². The van der Waals surface area contributed by atoms with Gasteiger partial charge in [0.1, 0.15) is 0 Å². The van der Waals surface area contributed by atoms with E-state index in [1.165, 1.54) is 10.9 Å². The second-order valence-corrected chi connectivity index (χ2v) is 5.07. The summed E-state index contributed by atoms with van der Waals surface area (Å²) in [6, 6.07) is 16.9.